The van der Waals surface area contributed by atoms with E-state index in [1.165, 1.54) is 7.11 Å². The summed E-state index contributed by atoms with van der Waals surface area (Å²) in [5, 5.41) is 9.46. The average Bonchev–Trinajstić information content (AvgIpc) is 2.15. The Balaban J connectivity index is 3.40. The van der Waals surface area contributed by atoms with Crippen molar-refractivity contribution < 1.29 is 14.6 Å². The number of carbonyl (C=O) groups is 1. The van der Waals surface area contributed by atoms with E-state index in [4.69, 9.17) is 9.84 Å². The molecule has 0 fully saturated rings. The molecule has 0 saturated heterocycles. The minimum Gasteiger partial charge on any atom is -0.496 e. The van der Waals surface area contributed by atoms with Gasteiger partial charge in [0.25, 0.3) is 0 Å². The first-order valence-corrected chi connectivity index (χ1v) is 5.67. The fraction of sp³-hybridized carbons (Fsp3) is 0.222. The standard InChI is InChI=1S/C9H8Br2O3/c1-14-7-3-6(11)2-5(4-10)8(7)9(12)13/h2-3H,4H2,1H3,(H,12,13). The Hall–Kier alpha value is -0.550. The van der Waals surface area contributed by atoms with Crippen LogP contribution < -0.4 is 4.74 Å². The van der Waals surface area contributed by atoms with Crippen LogP contribution in [0.4, 0.5) is 0 Å². The minimum atomic E-state index is -0.983. The van der Waals surface area contributed by atoms with Gasteiger partial charge in [0, 0.05) is 9.80 Å². The van der Waals surface area contributed by atoms with Gasteiger partial charge in [-0.1, -0.05) is 31.9 Å². The summed E-state index contributed by atoms with van der Waals surface area (Å²) in [5.74, 6) is -0.620. The van der Waals surface area contributed by atoms with E-state index >= 15 is 0 Å². The topological polar surface area (TPSA) is 46.5 Å². The van der Waals surface area contributed by atoms with Crippen LogP contribution in [0.1, 0.15) is 15.9 Å². The molecule has 14 heavy (non-hydrogen) atoms. The van der Waals surface area contributed by atoms with Crippen LogP contribution in [-0.2, 0) is 5.33 Å². The van der Waals surface area contributed by atoms with Crippen LogP contribution in [0.25, 0.3) is 0 Å². The van der Waals surface area contributed by atoms with Gasteiger partial charge in [0.1, 0.15) is 11.3 Å². The monoisotopic (exact) mass is 322 g/mol. The van der Waals surface area contributed by atoms with Crippen LogP contribution in [0, 0.1) is 0 Å². The highest BCUT2D eigenvalue weighted by molar-refractivity contribution is 9.10. The lowest BCUT2D eigenvalue weighted by Gasteiger charge is -2.09. The number of rotatable bonds is 3. The zero-order valence-electron chi connectivity index (χ0n) is 7.38. The number of ether oxygens (including phenoxy) is 1. The predicted molar refractivity (Wildman–Crippen MR) is 60.3 cm³/mol. The third-order valence-corrected chi connectivity index (χ3v) is 2.79. The summed E-state index contributed by atoms with van der Waals surface area (Å²) in [7, 11) is 1.45. The summed E-state index contributed by atoms with van der Waals surface area (Å²) in [5.41, 5.74) is 0.885. The summed E-state index contributed by atoms with van der Waals surface area (Å²) in [4.78, 5) is 11.0. The van der Waals surface area contributed by atoms with Crippen LogP contribution in [0.5, 0.6) is 5.75 Å². The number of carboxylic acid groups (broad SMARTS) is 1. The number of aromatic carboxylic acids is 1. The molecule has 1 N–H and O–H groups in total. The molecule has 0 amide bonds. The van der Waals surface area contributed by atoms with Crippen molar-refractivity contribution in [3.8, 4) is 5.75 Å². The van der Waals surface area contributed by atoms with Gasteiger partial charge in [0.05, 0.1) is 7.11 Å². The van der Waals surface area contributed by atoms with Crippen LogP contribution in [0.3, 0.4) is 0 Å². The number of hydrogen-bond acceptors (Lipinski definition) is 2. The van der Waals surface area contributed by atoms with Gasteiger partial charge < -0.3 is 9.84 Å². The summed E-state index contributed by atoms with van der Waals surface area (Å²) in [6.45, 7) is 0. The zero-order valence-corrected chi connectivity index (χ0v) is 10.6. The van der Waals surface area contributed by atoms with Crippen molar-refractivity contribution in [1.82, 2.24) is 0 Å². The summed E-state index contributed by atoms with van der Waals surface area (Å²) in [6, 6.07) is 3.39. The van der Waals surface area contributed by atoms with Gasteiger partial charge in [0.2, 0.25) is 0 Å². The highest BCUT2D eigenvalue weighted by Crippen LogP contribution is 2.28. The van der Waals surface area contributed by atoms with Crippen molar-refractivity contribution in [2.75, 3.05) is 7.11 Å². The Bertz CT molecular complexity index is 338. The molecule has 0 bridgehead atoms. The Labute approximate surface area is 98.3 Å². The van der Waals surface area contributed by atoms with Crippen molar-refractivity contribution in [3.63, 3.8) is 0 Å². The van der Waals surface area contributed by atoms with E-state index < -0.39 is 5.97 Å². The van der Waals surface area contributed by atoms with Crippen LogP contribution in [0.2, 0.25) is 0 Å². The summed E-state index contributed by atoms with van der Waals surface area (Å²) < 4.78 is 5.80. The fourth-order valence-corrected chi connectivity index (χ4v) is 2.07. The van der Waals surface area contributed by atoms with Gasteiger partial charge in [-0.05, 0) is 17.7 Å². The number of methoxy groups -OCH3 is 1. The lowest BCUT2D eigenvalue weighted by Crippen LogP contribution is -2.04. The van der Waals surface area contributed by atoms with Crippen LogP contribution >= 0.6 is 31.9 Å². The minimum absolute atomic E-state index is 0.201. The second-order valence-electron chi connectivity index (χ2n) is 2.58. The van der Waals surface area contributed by atoms with E-state index in [9.17, 15) is 4.79 Å². The third kappa shape index (κ3) is 2.27. The van der Waals surface area contributed by atoms with Crippen molar-refractivity contribution in [3.05, 3.63) is 27.7 Å². The van der Waals surface area contributed by atoms with E-state index in [0.717, 1.165) is 4.47 Å². The lowest BCUT2D eigenvalue weighted by molar-refractivity contribution is 0.0692. The van der Waals surface area contributed by atoms with Crippen molar-refractivity contribution >= 4 is 37.8 Å². The largest absolute Gasteiger partial charge is 0.496 e. The third-order valence-electron chi connectivity index (χ3n) is 1.73. The van der Waals surface area contributed by atoms with Crippen LogP contribution in [-0.4, -0.2) is 18.2 Å². The molecular weight excluding hydrogens is 316 g/mol. The van der Waals surface area contributed by atoms with Gasteiger partial charge in [-0.25, -0.2) is 4.79 Å². The molecule has 0 atom stereocenters. The molecule has 0 aliphatic carbocycles. The van der Waals surface area contributed by atoms with Gasteiger partial charge in [-0.2, -0.15) is 0 Å². The summed E-state index contributed by atoms with van der Waals surface area (Å²) in [6.07, 6.45) is 0. The molecule has 5 heteroatoms. The molecule has 0 aromatic heterocycles. The smallest absolute Gasteiger partial charge is 0.339 e. The van der Waals surface area contributed by atoms with E-state index in [1.807, 2.05) is 0 Å². The first-order chi connectivity index (χ1) is 6.60. The van der Waals surface area contributed by atoms with Gasteiger partial charge in [-0.15, -0.1) is 0 Å². The number of halogens is 2. The molecule has 3 nitrogen and oxygen atoms in total. The molecule has 0 saturated carbocycles. The number of benzene rings is 1. The Morgan fingerprint density at radius 3 is 2.64 bits per heavy atom. The fourth-order valence-electron chi connectivity index (χ4n) is 1.15. The number of alkyl halides is 1. The van der Waals surface area contributed by atoms with Gasteiger partial charge >= 0.3 is 5.97 Å². The van der Waals surface area contributed by atoms with Crippen molar-refractivity contribution in [2.45, 2.75) is 5.33 Å². The quantitative estimate of drug-likeness (QED) is 0.870. The number of hydrogen-bond donors (Lipinski definition) is 1. The van der Waals surface area contributed by atoms with Gasteiger partial charge in [-0.3, -0.25) is 0 Å². The maximum Gasteiger partial charge on any atom is 0.339 e. The number of carboxylic acids is 1. The van der Waals surface area contributed by atoms with E-state index in [0.29, 0.717) is 16.6 Å². The molecule has 0 aliphatic rings. The molecule has 0 spiro atoms. The highest BCUT2D eigenvalue weighted by Gasteiger charge is 2.16. The zero-order chi connectivity index (χ0) is 10.7. The average molecular weight is 324 g/mol. The molecule has 0 heterocycles. The molecule has 0 radical (unpaired) electrons. The molecular formula is C9H8Br2O3. The van der Waals surface area contributed by atoms with E-state index in [2.05, 4.69) is 31.9 Å². The maximum atomic E-state index is 11.0. The SMILES string of the molecule is COc1cc(Br)cc(CBr)c1C(=O)O. The summed E-state index contributed by atoms with van der Waals surface area (Å²) >= 11 is 6.52. The Morgan fingerprint density at radius 1 is 1.57 bits per heavy atom. The Morgan fingerprint density at radius 2 is 2.21 bits per heavy atom. The van der Waals surface area contributed by atoms with Crippen molar-refractivity contribution in [2.24, 2.45) is 0 Å². The maximum absolute atomic E-state index is 11.0. The highest BCUT2D eigenvalue weighted by atomic mass is 79.9. The molecule has 76 valence electrons. The van der Waals surface area contributed by atoms with E-state index in [1.54, 1.807) is 12.1 Å². The van der Waals surface area contributed by atoms with Crippen LogP contribution in [0.15, 0.2) is 16.6 Å². The molecule has 1 aromatic rings. The normalized spacial score (nSPS) is 9.93. The first-order valence-electron chi connectivity index (χ1n) is 3.75. The van der Waals surface area contributed by atoms with Gasteiger partial charge in [0.15, 0.2) is 0 Å². The Kier molecular flexibility index (Phi) is 3.95. The molecule has 0 unspecified atom stereocenters. The first kappa shape index (κ1) is 11.5. The molecule has 0 aliphatic heterocycles. The second-order valence-corrected chi connectivity index (χ2v) is 4.06. The second kappa shape index (κ2) is 4.79. The van der Waals surface area contributed by atoms with E-state index in [-0.39, 0.29) is 5.56 Å². The molecule has 1 aromatic carbocycles. The lowest BCUT2D eigenvalue weighted by atomic mass is 10.1. The molecule has 1 rings (SSSR count). The van der Waals surface area contributed by atoms with Crippen molar-refractivity contribution in [1.29, 1.82) is 0 Å². The predicted octanol–water partition coefficient (Wildman–Crippen LogP) is 3.05.